The summed E-state index contributed by atoms with van der Waals surface area (Å²) in [5, 5.41) is 2.78. The van der Waals surface area contributed by atoms with Gasteiger partial charge in [0.1, 0.15) is 5.75 Å². The predicted octanol–water partition coefficient (Wildman–Crippen LogP) is 3.22. The highest BCUT2D eigenvalue weighted by molar-refractivity contribution is 7.89. The minimum atomic E-state index is -3.64. The molecule has 2 aromatic carbocycles. The average molecular weight is 462 g/mol. The van der Waals surface area contributed by atoms with Crippen molar-refractivity contribution in [3.63, 3.8) is 0 Å². The molecular weight excluding hydrogens is 430 g/mol. The van der Waals surface area contributed by atoms with E-state index in [1.807, 2.05) is 13.8 Å². The van der Waals surface area contributed by atoms with Crippen LogP contribution in [0.3, 0.4) is 0 Å². The Kier molecular flexibility index (Phi) is 9.22. The zero-order valence-corrected chi connectivity index (χ0v) is 19.8. The molecule has 8 nitrogen and oxygen atoms in total. The van der Waals surface area contributed by atoms with Gasteiger partial charge >= 0.3 is 0 Å². The van der Waals surface area contributed by atoms with E-state index >= 15 is 0 Å². The number of carbonyl (C=O) groups excluding carboxylic acids is 2. The van der Waals surface area contributed by atoms with Crippen LogP contribution in [-0.4, -0.2) is 63.2 Å². The van der Waals surface area contributed by atoms with E-state index in [-0.39, 0.29) is 29.7 Å². The molecule has 9 heteroatoms. The van der Waals surface area contributed by atoms with Crippen molar-refractivity contribution in [2.75, 3.05) is 39.1 Å². The fourth-order valence-corrected chi connectivity index (χ4v) is 4.33. The minimum absolute atomic E-state index is 0.0472. The number of methoxy groups -OCH3 is 1. The molecule has 0 fully saturated rings. The van der Waals surface area contributed by atoms with Crippen LogP contribution in [0.25, 0.3) is 0 Å². The molecule has 174 valence electrons. The van der Waals surface area contributed by atoms with Crippen molar-refractivity contribution in [1.29, 1.82) is 0 Å². The standard InChI is InChI=1S/C23H31N3O5S/c1-5-26(6-2)23(28)18-9-11-19(12-10-18)24-22(27)8-7-17-25(3)32(29,30)21-15-13-20(31-4)14-16-21/h9-16H,5-8,17H2,1-4H3,(H,24,27). The summed E-state index contributed by atoms with van der Waals surface area (Å²) in [6.07, 6.45) is 0.541. The molecule has 0 unspecified atom stereocenters. The summed E-state index contributed by atoms with van der Waals surface area (Å²) >= 11 is 0. The lowest BCUT2D eigenvalue weighted by molar-refractivity contribution is -0.116. The highest BCUT2D eigenvalue weighted by Gasteiger charge is 2.20. The summed E-state index contributed by atoms with van der Waals surface area (Å²) in [7, 11) is -0.631. The number of sulfonamides is 1. The van der Waals surface area contributed by atoms with E-state index < -0.39 is 10.0 Å². The van der Waals surface area contributed by atoms with Crippen molar-refractivity contribution in [1.82, 2.24) is 9.21 Å². The molecule has 0 aliphatic heterocycles. The van der Waals surface area contributed by atoms with Crippen molar-refractivity contribution in [3.8, 4) is 5.75 Å². The van der Waals surface area contributed by atoms with Gasteiger partial charge in [0, 0.05) is 44.4 Å². The molecule has 2 amide bonds. The monoisotopic (exact) mass is 461 g/mol. The zero-order valence-electron chi connectivity index (χ0n) is 19.0. The Morgan fingerprint density at radius 3 is 2.09 bits per heavy atom. The highest BCUT2D eigenvalue weighted by Crippen LogP contribution is 2.19. The maximum atomic E-state index is 12.6. The third kappa shape index (κ3) is 6.54. The molecule has 0 heterocycles. The van der Waals surface area contributed by atoms with Gasteiger partial charge in [-0.25, -0.2) is 12.7 Å². The molecule has 0 saturated heterocycles. The Morgan fingerprint density at radius 2 is 1.56 bits per heavy atom. The van der Waals surface area contributed by atoms with Crippen LogP contribution in [0, 0.1) is 0 Å². The number of benzene rings is 2. The Hall–Kier alpha value is -2.91. The molecule has 0 aliphatic rings. The molecule has 2 aromatic rings. The van der Waals surface area contributed by atoms with E-state index in [9.17, 15) is 18.0 Å². The number of ether oxygens (including phenoxy) is 1. The van der Waals surface area contributed by atoms with E-state index in [4.69, 9.17) is 4.74 Å². The van der Waals surface area contributed by atoms with Gasteiger partial charge in [-0.1, -0.05) is 0 Å². The van der Waals surface area contributed by atoms with E-state index in [0.717, 1.165) is 0 Å². The smallest absolute Gasteiger partial charge is 0.253 e. The molecule has 1 N–H and O–H groups in total. The Morgan fingerprint density at radius 1 is 0.969 bits per heavy atom. The van der Waals surface area contributed by atoms with Crippen LogP contribution in [0.1, 0.15) is 37.0 Å². The second kappa shape index (κ2) is 11.6. The Balaban J connectivity index is 1.85. The summed E-state index contributed by atoms with van der Waals surface area (Å²) in [4.78, 5) is 26.5. The summed E-state index contributed by atoms with van der Waals surface area (Å²) in [6, 6.07) is 12.9. The van der Waals surface area contributed by atoms with Gasteiger partial charge in [0.2, 0.25) is 15.9 Å². The predicted molar refractivity (Wildman–Crippen MR) is 124 cm³/mol. The van der Waals surface area contributed by atoms with Crippen LogP contribution in [-0.2, 0) is 14.8 Å². The molecule has 0 saturated carbocycles. The van der Waals surface area contributed by atoms with Gasteiger partial charge < -0.3 is 15.0 Å². The molecule has 0 aromatic heterocycles. The maximum Gasteiger partial charge on any atom is 0.253 e. The first kappa shape index (κ1) is 25.4. The van der Waals surface area contributed by atoms with Gasteiger partial charge in [0.05, 0.1) is 12.0 Å². The second-order valence-corrected chi connectivity index (χ2v) is 9.25. The third-order valence-electron chi connectivity index (χ3n) is 5.11. The van der Waals surface area contributed by atoms with E-state index in [2.05, 4.69) is 5.32 Å². The van der Waals surface area contributed by atoms with Gasteiger partial charge in [0.15, 0.2) is 0 Å². The van der Waals surface area contributed by atoms with E-state index in [1.165, 1.54) is 30.6 Å². The van der Waals surface area contributed by atoms with Crippen molar-refractivity contribution in [3.05, 3.63) is 54.1 Å². The SMILES string of the molecule is CCN(CC)C(=O)c1ccc(NC(=O)CCCN(C)S(=O)(=O)c2ccc(OC)cc2)cc1. The van der Waals surface area contributed by atoms with Crippen LogP contribution >= 0.6 is 0 Å². The molecule has 2 rings (SSSR count). The lowest BCUT2D eigenvalue weighted by Crippen LogP contribution is -2.30. The summed E-state index contributed by atoms with van der Waals surface area (Å²) in [5.74, 6) is 0.311. The molecular formula is C23H31N3O5S. The van der Waals surface area contributed by atoms with Crippen LogP contribution in [0.15, 0.2) is 53.4 Å². The lowest BCUT2D eigenvalue weighted by atomic mass is 10.1. The Bertz CT molecular complexity index is 1000. The maximum absolute atomic E-state index is 12.6. The van der Waals surface area contributed by atoms with Gasteiger partial charge in [0.25, 0.3) is 5.91 Å². The summed E-state index contributed by atoms with van der Waals surface area (Å²) in [5.41, 5.74) is 1.15. The Labute approximate surface area is 190 Å². The quantitative estimate of drug-likeness (QED) is 0.554. The summed E-state index contributed by atoms with van der Waals surface area (Å²) in [6.45, 7) is 5.33. The second-order valence-electron chi connectivity index (χ2n) is 7.21. The van der Waals surface area contributed by atoms with Gasteiger partial charge in [-0.3, -0.25) is 9.59 Å². The fraction of sp³-hybridized carbons (Fsp3) is 0.391. The molecule has 0 bridgehead atoms. The minimum Gasteiger partial charge on any atom is -0.497 e. The molecule has 0 atom stereocenters. The number of hydrogen-bond acceptors (Lipinski definition) is 5. The number of amides is 2. The average Bonchev–Trinajstić information content (AvgIpc) is 2.80. The van der Waals surface area contributed by atoms with E-state index in [0.29, 0.717) is 36.5 Å². The zero-order chi connectivity index (χ0) is 23.7. The van der Waals surface area contributed by atoms with Crippen LogP contribution in [0.5, 0.6) is 5.75 Å². The van der Waals surface area contributed by atoms with Crippen LogP contribution in [0.4, 0.5) is 5.69 Å². The molecule has 0 aliphatic carbocycles. The summed E-state index contributed by atoms with van der Waals surface area (Å²) < 4.78 is 31.5. The van der Waals surface area contributed by atoms with Crippen molar-refractivity contribution in [2.24, 2.45) is 0 Å². The number of rotatable bonds is 11. The topological polar surface area (TPSA) is 96.0 Å². The van der Waals surface area contributed by atoms with Gasteiger partial charge in [-0.05, 0) is 68.8 Å². The van der Waals surface area contributed by atoms with Crippen molar-refractivity contribution in [2.45, 2.75) is 31.6 Å². The third-order valence-corrected chi connectivity index (χ3v) is 6.98. The fourth-order valence-electron chi connectivity index (χ4n) is 3.12. The van der Waals surface area contributed by atoms with Crippen LogP contribution in [0.2, 0.25) is 0 Å². The normalized spacial score (nSPS) is 11.3. The van der Waals surface area contributed by atoms with Crippen molar-refractivity contribution < 1.29 is 22.7 Å². The molecule has 0 radical (unpaired) electrons. The number of hydrogen-bond donors (Lipinski definition) is 1. The van der Waals surface area contributed by atoms with Gasteiger partial charge in [-0.2, -0.15) is 0 Å². The molecule has 32 heavy (non-hydrogen) atoms. The number of anilines is 1. The first-order valence-corrected chi connectivity index (χ1v) is 12.0. The number of nitrogens with one attached hydrogen (secondary N) is 1. The highest BCUT2D eigenvalue weighted by atomic mass is 32.2. The van der Waals surface area contributed by atoms with Crippen molar-refractivity contribution >= 4 is 27.5 Å². The van der Waals surface area contributed by atoms with Gasteiger partial charge in [-0.15, -0.1) is 0 Å². The van der Waals surface area contributed by atoms with Crippen LogP contribution < -0.4 is 10.1 Å². The molecule has 0 spiro atoms. The number of nitrogens with zero attached hydrogens (tertiary/aromatic N) is 2. The lowest BCUT2D eigenvalue weighted by Gasteiger charge is -2.18. The number of carbonyl (C=O) groups is 2. The van der Waals surface area contributed by atoms with E-state index in [1.54, 1.807) is 41.3 Å². The first-order chi connectivity index (χ1) is 15.2. The first-order valence-electron chi connectivity index (χ1n) is 10.5. The largest absolute Gasteiger partial charge is 0.497 e.